The molecule has 0 saturated carbocycles. The van der Waals surface area contributed by atoms with Gasteiger partial charge in [0.25, 0.3) is 0 Å². The zero-order valence-corrected chi connectivity index (χ0v) is 15.4. The van der Waals surface area contributed by atoms with Gasteiger partial charge in [-0.25, -0.2) is 4.99 Å². The van der Waals surface area contributed by atoms with E-state index in [1.165, 1.54) is 0 Å². The molecule has 0 spiro atoms. The predicted octanol–water partition coefficient (Wildman–Crippen LogP) is 2.50. The second-order valence-electron chi connectivity index (χ2n) is 5.88. The fraction of sp³-hybridized carbons (Fsp3) is 0.500. The van der Waals surface area contributed by atoms with Gasteiger partial charge >= 0.3 is 0 Å². The molecule has 0 amide bonds. The molecular weight excluding hydrogens is 318 g/mol. The lowest BCUT2D eigenvalue weighted by molar-refractivity contribution is 0.371. The third-order valence-electron chi connectivity index (χ3n) is 3.58. The molecule has 1 aromatic carbocycles. The molecule has 0 aliphatic rings. The summed E-state index contributed by atoms with van der Waals surface area (Å²) < 4.78 is 10.6. The molecule has 0 aliphatic carbocycles. The van der Waals surface area contributed by atoms with Crippen LogP contribution in [-0.4, -0.2) is 36.3 Å². The molecule has 0 atom stereocenters. The van der Waals surface area contributed by atoms with Crippen LogP contribution < -0.4 is 15.4 Å². The van der Waals surface area contributed by atoms with Gasteiger partial charge in [-0.15, -0.1) is 0 Å². The first-order valence-corrected chi connectivity index (χ1v) is 8.60. The molecule has 1 aromatic heterocycles. The van der Waals surface area contributed by atoms with E-state index in [-0.39, 0.29) is 5.92 Å². The third-order valence-corrected chi connectivity index (χ3v) is 3.58. The minimum absolute atomic E-state index is 0.269. The van der Waals surface area contributed by atoms with E-state index in [4.69, 9.17) is 9.26 Å². The summed E-state index contributed by atoms with van der Waals surface area (Å²) in [6, 6.07) is 7.88. The number of aromatic nitrogens is 2. The summed E-state index contributed by atoms with van der Waals surface area (Å²) in [7, 11) is 1.67. The fourth-order valence-electron chi connectivity index (χ4n) is 2.23. The van der Waals surface area contributed by atoms with Crippen molar-refractivity contribution in [3.8, 4) is 5.75 Å². The molecule has 2 aromatic rings. The van der Waals surface area contributed by atoms with Crippen molar-refractivity contribution in [2.45, 2.75) is 39.7 Å². The Labute approximate surface area is 148 Å². The number of nitrogens with one attached hydrogen (secondary N) is 2. The molecule has 2 N–H and O–H groups in total. The van der Waals surface area contributed by atoms with Gasteiger partial charge in [-0.1, -0.05) is 37.2 Å². The average Bonchev–Trinajstić information content (AvgIpc) is 3.09. The Balaban J connectivity index is 1.90. The standard InChI is InChI=1S/C18H27N5O2/c1-5-19-18(21-12-14-8-6-7-9-15(14)24-4)20-11-10-16-22-17(13(2)3)23-25-16/h6-9,13H,5,10-12H2,1-4H3,(H2,19,20,21). The lowest BCUT2D eigenvalue weighted by Gasteiger charge is -2.11. The molecule has 0 radical (unpaired) electrons. The van der Waals surface area contributed by atoms with E-state index in [1.807, 2.05) is 45.0 Å². The lowest BCUT2D eigenvalue weighted by atomic mass is 10.2. The maximum Gasteiger partial charge on any atom is 0.228 e. The van der Waals surface area contributed by atoms with Crippen molar-refractivity contribution in [2.24, 2.45) is 4.99 Å². The van der Waals surface area contributed by atoms with E-state index >= 15 is 0 Å². The van der Waals surface area contributed by atoms with Crippen LogP contribution in [0.5, 0.6) is 5.75 Å². The smallest absolute Gasteiger partial charge is 0.228 e. The first-order valence-electron chi connectivity index (χ1n) is 8.60. The van der Waals surface area contributed by atoms with E-state index in [0.717, 1.165) is 29.6 Å². The van der Waals surface area contributed by atoms with Gasteiger partial charge < -0.3 is 19.9 Å². The Morgan fingerprint density at radius 2 is 2.08 bits per heavy atom. The molecule has 2 rings (SSSR count). The van der Waals surface area contributed by atoms with Crippen LogP contribution in [0.4, 0.5) is 0 Å². The molecule has 0 bridgehead atoms. The minimum atomic E-state index is 0.269. The van der Waals surface area contributed by atoms with Crippen LogP contribution in [0.1, 0.15) is 44.0 Å². The van der Waals surface area contributed by atoms with Gasteiger partial charge in [0.05, 0.1) is 13.7 Å². The number of hydrogen-bond acceptors (Lipinski definition) is 5. The van der Waals surface area contributed by atoms with Gasteiger partial charge in [-0.05, 0) is 13.0 Å². The van der Waals surface area contributed by atoms with Crippen molar-refractivity contribution >= 4 is 5.96 Å². The third kappa shape index (κ3) is 5.77. The topological polar surface area (TPSA) is 84.6 Å². The van der Waals surface area contributed by atoms with E-state index in [0.29, 0.717) is 25.4 Å². The highest BCUT2D eigenvalue weighted by Gasteiger charge is 2.09. The Bertz CT molecular complexity index is 682. The van der Waals surface area contributed by atoms with E-state index in [2.05, 4.69) is 25.8 Å². The van der Waals surface area contributed by atoms with Gasteiger partial charge in [-0.3, -0.25) is 0 Å². The summed E-state index contributed by atoms with van der Waals surface area (Å²) in [6.07, 6.45) is 0.652. The Morgan fingerprint density at radius 1 is 1.28 bits per heavy atom. The van der Waals surface area contributed by atoms with Gasteiger partial charge in [0.1, 0.15) is 5.75 Å². The zero-order chi connectivity index (χ0) is 18.1. The number of methoxy groups -OCH3 is 1. The molecule has 0 unspecified atom stereocenters. The number of nitrogens with zero attached hydrogens (tertiary/aromatic N) is 3. The highest BCUT2D eigenvalue weighted by molar-refractivity contribution is 5.79. The SMILES string of the molecule is CCNC(=NCc1ccccc1OC)NCCc1nc(C(C)C)no1. The van der Waals surface area contributed by atoms with Gasteiger partial charge in [0.15, 0.2) is 11.8 Å². The van der Waals surface area contributed by atoms with Crippen LogP contribution in [0.25, 0.3) is 0 Å². The van der Waals surface area contributed by atoms with Crippen molar-refractivity contribution in [3.05, 3.63) is 41.5 Å². The molecule has 7 heteroatoms. The number of aliphatic imine (C=N–C) groups is 1. The number of hydrogen-bond donors (Lipinski definition) is 2. The summed E-state index contributed by atoms with van der Waals surface area (Å²) in [6.45, 7) is 8.11. The van der Waals surface area contributed by atoms with E-state index in [9.17, 15) is 0 Å². The normalized spacial score (nSPS) is 11.6. The molecule has 1 heterocycles. The first-order chi connectivity index (χ1) is 12.1. The Morgan fingerprint density at radius 3 is 2.76 bits per heavy atom. The molecule has 136 valence electrons. The number of rotatable bonds is 8. The number of para-hydroxylation sites is 1. The molecule has 7 nitrogen and oxygen atoms in total. The lowest BCUT2D eigenvalue weighted by Crippen LogP contribution is -2.38. The molecule has 0 fully saturated rings. The van der Waals surface area contributed by atoms with Crippen LogP contribution in [0.15, 0.2) is 33.8 Å². The highest BCUT2D eigenvalue weighted by atomic mass is 16.5. The number of benzene rings is 1. The van der Waals surface area contributed by atoms with Gasteiger partial charge in [0, 0.05) is 31.0 Å². The fourth-order valence-corrected chi connectivity index (χ4v) is 2.23. The minimum Gasteiger partial charge on any atom is -0.496 e. The highest BCUT2D eigenvalue weighted by Crippen LogP contribution is 2.17. The largest absolute Gasteiger partial charge is 0.496 e. The van der Waals surface area contributed by atoms with Gasteiger partial charge in [0.2, 0.25) is 5.89 Å². The zero-order valence-electron chi connectivity index (χ0n) is 15.4. The summed E-state index contributed by atoms with van der Waals surface area (Å²) in [5.41, 5.74) is 1.04. The van der Waals surface area contributed by atoms with Crippen molar-refractivity contribution in [1.82, 2.24) is 20.8 Å². The van der Waals surface area contributed by atoms with Crippen molar-refractivity contribution in [1.29, 1.82) is 0 Å². The number of ether oxygens (including phenoxy) is 1. The summed E-state index contributed by atoms with van der Waals surface area (Å²) in [5.74, 6) is 3.24. The molecule has 0 aliphatic heterocycles. The predicted molar refractivity (Wildman–Crippen MR) is 97.9 cm³/mol. The molecule has 25 heavy (non-hydrogen) atoms. The summed E-state index contributed by atoms with van der Waals surface area (Å²) in [4.78, 5) is 8.98. The van der Waals surface area contributed by atoms with Crippen LogP contribution >= 0.6 is 0 Å². The average molecular weight is 345 g/mol. The van der Waals surface area contributed by atoms with Crippen LogP contribution in [-0.2, 0) is 13.0 Å². The quantitative estimate of drug-likeness (QED) is 0.565. The van der Waals surface area contributed by atoms with Gasteiger partial charge in [-0.2, -0.15) is 4.98 Å². The molecule has 0 saturated heterocycles. The second kappa shape index (κ2) is 9.66. The summed E-state index contributed by atoms with van der Waals surface area (Å²) >= 11 is 0. The Hall–Kier alpha value is -2.57. The van der Waals surface area contributed by atoms with Crippen molar-refractivity contribution in [3.63, 3.8) is 0 Å². The maximum atomic E-state index is 5.36. The van der Waals surface area contributed by atoms with Crippen molar-refractivity contribution in [2.75, 3.05) is 20.2 Å². The van der Waals surface area contributed by atoms with Crippen LogP contribution in [0, 0.1) is 0 Å². The maximum absolute atomic E-state index is 5.36. The first kappa shape index (κ1) is 18.8. The number of guanidine groups is 1. The van der Waals surface area contributed by atoms with E-state index < -0.39 is 0 Å². The molecular formula is C18H27N5O2. The monoisotopic (exact) mass is 345 g/mol. The second-order valence-corrected chi connectivity index (χ2v) is 5.88. The Kier molecular flexibility index (Phi) is 7.25. The summed E-state index contributed by atoms with van der Waals surface area (Å²) in [5, 5.41) is 10.5. The van der Waals surface area contributed by atoms with Crippen LogP contribution in [0.3, 0.4) is 0 Å². The van der Waals surface area contributed by atoms with Crippen LogP contribution in [0.2, 0.25) is 0 Å². The van der Waals surface area contributed by atoms with Crippen molar-refractivity contribution < 1.29 is 9.26 Å². The van der Waals surface area contributed by atoms with E-state index in [1.54, 1.807) is 7.11 Å².